The molecule has 0 aliphatic carbocycles. The quantitative estimate of drug-likeness (QED) is 0.819. The summed E-state index contributed by atoms with van der Waals surface area (Å²) in [7, 11) is 0. The molecule has 0 bridgehead atoms. The van der Waals surface area contributed by atoms with Crippen LogP contribution in [0.2, 0.25) is 5.02 Å². The molecule has 1 rings (SSSR count). The summed E-state index contributed by atoms with van der Waals surface area (Å²) in [5.74, 6) is 0. The molecular weight excluding hydrogens is 269 g/mol. The Kier molecular flexibility index (Phi) is 5.52. The van der Waals surface area contributed by atoms with Crippen molar-refractivity contribution in [1.82, 2.24) is 0 Å². The molecule has 0 radical (unpaired) electrons. The third-order valence-corrected chi connectivity index (χ3v) is 2.32. The summed E-state index contributed by atoms with van der Waals surface area (Å²) in [6.07, 6.45) is -4.55. The number of hydrogen-bond acceptors (Lipinski definition) is 1. The van der Waals surface area contributed by atoms with E-state index < -0.39 is 29.5 Å². The van der Waals surface area contributed by atoms with Gasteiger partial charge in [-0.25, -0.2) is 4.39 Å². The summed E-state index contributed by atoms with van der Waals surface area (Å²) in [4.78, 5) is 0. The molecule has 7 heteroatoms. The molecule has 0 heterocycles. The molecule has 0 aliphatic heterocycles. The Morgan fingerprint density at radius 3 is 2.31 bits per heavy atom. The van der Waals surface area contributed by atoms with Crippen molar-refractivity contribution < 1.29 is 17.6 Å². The first-order valence-corrected chi connectivity index (χ1v) is 4.43. The van der Waals surface area contributed by atoms with Crippen LogP contribution in [0.4, 0.5) is 17.6 Å². The van der Waals surface area contributed by atoms with Gasteiger partial charge in [0, 0.05) is 0 Å². The van der Waals surface area contributed by atoms with E-state index in [4.69, 9.17) is 17.3 Å². The number of nitrogens with two attached hydrogens (primary N) is 1. The van der Waals surface area contributed by atoms with E-state index in [9.17, 15) is 17.6 Å². The van der Waals surface area contributed by atoms with Gasteiger partial charge in [-0.2, -0.15) is 13.2 Å². The molecule has 1 aromatic rings. The fourth-order valence-corrected chi connectivity index (χ4v) is 1.51. The minimum atomic E-state index is -4.55. The van der Waals surface area contributed by atoms with Gasteiger partial charge < -0.3 is 5.73 Å². The summed E-state index contributed by atoms with van der Waals surface area (Å²) < 4.78 is 49.3. The maximum atomic E-state index is 12.4. The van der Waals surface area contributed by atoms with Crippen molar-refractivity contribution >= 4 is 24.0 Å². The van der Waals surface area contributed by atoms with E-state index in [1.807, 2.05) is 0 Å². The van der Waals surface area contributed by atoms with Crippen LogP contribution in [0.5, 0.6) is 0 Å². The van der Waals surface area contributed by atoms with Gasteiger partial charge in [0.2, 0.25) is 0 Å². The Morgan fingerprint density at radius 2 is 1.88 bits per heavy atom. The lowest BCUT2D eigenvalue weighted by molar-refractivity contribution is -0.137. The normalized spacial score (nSPS) is 13.1. The van der Waals surface area contributed by atoms with E-state index in [-0.39, 0.29) is 18.0 Å². The molecule has 92 valence electrons. The smallest absolute Gasteiger partial charge is 0.322 e. The molecule has 1 atom stereocenters. The molecular formula is C9H9Cl2F4N. The van der Waals surface area contributed by atoms with E-state index in [1.54, 1.807) is 0 Å². The van der Waals surface area contributed by atoms with Crippen LogP contribution < -0.4 is 5.73 Å². The second-order valence-electron chi connectivity index (χ2n) is 2.97. The molecule has 16 heavy (non-hydrogen) atoms. The lowest BCUT2D eigenvalue weighted by atomic mass is 10.0. The Morgan fingerprint density at radius 1 is 1.31 bits per heavy atom. The van der Waals surface area contributed by atoms with Crippen LogP contribution in [0.1, 0.15) is 17.2 Å². The van der Waals surface area contributed by atoms with Crippen LogP contribution in [-0.2, 0) is 6.18 Å². The van der Waals surface area contributed by atoms with Gasteiger partial charge in [0.15, 0.2) is 0 Å². The SMILES string of the molecule is Cl.N[C@H](CF)c1cccc(C(F)(F)F)c1Cl. The van der Waals surface area contributed by atoms with Crippen molar-refractivity contribution in [1.29, 1.82) is 0 Å². The predicted octanol–water partition coefficient (Wildman–Crippen LogP) is 3.75. The average molecular weight is 278 g/mol. The summed E-state index contributed by atoms with van der Waals surface area (Å²) in [5, 5.41) is -0.532. The summed E-state index contributed by atoms with van der Waals surface area (Å²) >= 11 is 5.50. The highest BCUT2D eigenvalue weighted by molar-refractivity contribution is 6.32. The number of benzene rings is 1. The fourth-order valence-electron chi connectivity index (χ4n) is 1.14. The van der Waals surface area contributed by atoms with Crippen molar-refractivity contribution in [3.05, 3.63) is 34.3 Å². The van der Waals surface area contributed by atoms with Crippen LogP contribution in [0.15, 0.2) is 18.2 Å². The van der Waals surface area contributed by atoms with Crippen molar-refractivity contribution in [2.45, 2.75) is 12.2 Å². The lowest BCUT2D eigenvalue weighted by Crippen LogP contribution is -2.15. The summed E-state index contributed by atoms with van der Waals surface area (Å²) in [6.45, 7) is -0.957. The Bertz CT molecular complexity index is 354. The number of alkyl halides is 4. The third kappa shape index (κ3) is 3.23. The van der Waals surface area contributed by atoms with Crippen molar-refractivity contribution in [2.24, 2.45) is 5.73 Å². The third-order valence-electron chi connectivity index (χ3n) is 1.90. The van der Waals surface area contributed by atoms with E-state index >= 15 is 0 Å². The van der Waals surface area contributed by atoms with Gasteiger partial charge in [0.25, 0.3) is 0 Å². The first-order chi connectivity index (χ1) is 6.88. The minimum absolute atomic E-state index is 0. The van der Waals surface area contributed by atoms with Gasteiger partial charge in [-0.05, 0) is 11.6 Å². The van der Waals surface area contributed by atoms with Crippen LogP contribution in [0.25, 0.3) is 0 Å². The molecule has 0 amide bonds. The molecule has 0 unspecified atom stereocenters. The lowest BCUT2D eigenvalue weighted by Gasteiger charge is -2.14. The highest BCUT2D eigenvalue weighted by Crippen LogP contribution is 2.37. The number of rotatable bonds is 2. The summed E-state index contributed by atoms with van der Waals surface area (Å²) in [6, 6.07) is 2.14. The zero-order valence-corrected chi connectivity index (χ0v) is 9.46. The van der Waals surface area contributed by atoms with Crippen molar-refractivity contribution in [3.63, 3.8) is 0 Å². The standard InChI is InChI=1S/C9H8ClF4N.ClH/c10-8-5(7(15)4-11)2-1-3-6(8)9(12,13)14;/h1-3,7H,4,15H2;1H/t7-;/m1./s1. The first kappa shape index (κ1) is 15.5. The molecule has 0 fully saturated rings. The molecule has 0 saturated carbocycles. The topological polar surface area (TPSA) is 26.0 Å². The van der Waals surface area contributed by atoms with Crippen LogP contribution in [-0.4, -0.2) is 6.67 Å². The maximum Gasteiger partial charge on any atom is 0.417 e. The number of hydrogen-bond donors (Lipinski definition) is 1. The molecule has 0 spiro atoms. The van der Waals surface area contributed by atoms with Gasteiger partial charge in [0.1, 0.15) is 6.67 Å². The van der Waals surface area contributed by atoms with E-state index in [1.165, 1.54) is 6.07 Å². The second kappa shape index (κ2) is 5.70. The number of halogens is 6. The van der Waals surface area contributed by atoms with Crippen molar-refractivity contribution in [3.8, 4) is 0 Å². The van der Waals surface area contributed by atoms with Gasteiger partial charge in [-0.3, -0.25) is 0 Å². The van der Waals surface area contributed by atoms with Crippen molar-refractivity contribution in [2.75, 3.05) is 6.67 Å². The van der Waals surface area contributed by atoms with E-state index in [0.717, 1.165) is 12.1 Å². The zero-order chi connectivity index (χ0) is 11.6. The highest BCUT2D eigenvalue weighted by atomic mass is 35.5. The van der Waals surface area contributed by atoms with Gasteiger partial charge >= 0.3 is 6.18 Å². The molecule has 0 saturated heterocycles. The molecule has 0 aliphatic rings. The van der Waals surface area contributed by atoms with Crippen LogP contribution in [0.3, 0.4) is 0 Å². The van der Waals surface area contributed by atoms with Gasteiger partial charge in [0.05, 0.1) is 16.6 Å². The molecule has 1 aromatic carbocycles. The molecule has 1 nitrogen and oxygen atoms in total. The zero-order valence-electron chi connectivity index (χ0n) is 7.89. The van der Waals surface area contributed by atoms with E-state index in [0.29, 0.717) is 0 Å². The second-order valence-corrected chi connectivity index (χ2v) is 3.35. The Hall–Kier alpha value is -0.520. The van der Waals surface area contributed by atoms with Gasteiger partial charge in [-0.1, -0.05) is 23.7 Å². The monoisotopic (exact) mass is 277 g/mol. The first-order valence-electron chi connectivity index (χ1n) is 4.05. The summed E-state index contributed by atoms with van der Waals surface area (Å²) in [5.41, 5.74) is 4.25. The van der Waals surface area contributed by atoms with Crippen LogP contribution in [0, 0.1) is 0 Å². The molecule has 2 N–H and O–H groups in total. The Labute approximate surface area is 101 Å². The minimum Gasteiger partial charge on any atom is -0.322 e. The molecule has 0 aromatic heterocycles. The fraction of sp³-hybridized carbons (Fsp3) is 0.333. The van der Waals surface area contributed by atoms with E-state index in [2.05, 4.69) is 0 Å². The largest absolute Gasteiger partial charge is 0.417 e. The average Bonchev–Trinajstić information content (AvgIpc) is 2.15. The Balaban J connectivity index is 0.00000225. The maximum absolute atomic E-state index is 12.4. The highest BCUT2D eigenvalue weighted by Gasteiger charge is 2.34. The van der Waals surface area contributed by atoms with Gasteiger partial charge in [-0.15, -0.1) is 12.4 Å². The predicted molar refractivity (Wildman–Crippen MR) is 56.6 cm³/mol. The van der Waals surface area contributed by atoms with Crippen LogP contribution >= 0.6 is 24.0 Å².